The number of rotatable bonds is 5. The quantitative estimate of drug-likeness (QED) is 0.575. The lowest BCUT2D eigenvalue weighted by Crippen LogP contribution is -2.49. The van der Waals surface area contributed by atoms with Gasteiger partial charge in [0.05, 0.1) is 12.0 Å². The second kappa shape index (κ2) is 7.47. The highest BCUT2D eigenvalue weighted by molar-refractivity contribution is 5.74. The first-order valence-electron chi connectivity index (χ1n) is 7.29. The van der Waals surface area contributed by atoms with E-state index in [4.69, 9.17) is 5.11 Å². The van der Waals surface area contributed by atoms with Gasteiger partial charge < -0.3 is 20.8 Å². The fraction of sp³-hybridized carbons (Fsp3) is 0.857. The molecule has 116 valence electrons. The van der Waals surface area contributed by atoms with E-state index in [1.54, 1.807) is 0 Å². The molecule has 1 saturated carbocycles. The normalized spacial score (nSPS) is 26.1. The Labute approximate surface area is 119 Å². The number of urea groups is 1. The second-order valence-corrected chi connectivity index (χ2v) is 6.12. The Hall–Kier alpha value is -1.30. The molecule has 1 aliphatic carbocycles. The summed E-state index contributed by atoms with van der Waals surface area (Å²) in [6, 6.07) is -0.184. The van der Waals surface area contributed by atoms with E-state index >= 15 is 0 Å². The number of hydrogen-bond donors (Lipinski definition) is 4. The molecule has 4 N–H and O–H groups in total. The molecule has 20 heavy (non-hydrogen) atoms. The number of carboxylic acid groups (broad SMARTS) is 1. The van der Waals surface area contributed by atoms with Crippen LogP contribution >= 0.6 is 0 Å². The SMILES string of the molecule is CC1CCCCCC1NC(=O)NCC(C)(O)CC(=O)O. The molecule has 0 aromatic heterocycles. The minimum absolute atomic E-state index is 0.0771. The van der Waals surface area contributed by atoms with Crippen molar-refractivity contribution >= 4 is 12.0 Å². The molecule has 2 amide bonds. The van der Waals surface area contributed by atoms with Gasteiger partial charge in [-0.15, -0.1) is 0 Å². The summed E-state index contributed by atoms with van der Waals surface area (Å²) in [5.41, 5.74) is -1.43. The predicted octanol–water partition coefficient (Wildman–Crippen LogP) is 1.48. The Morgan fingerprint density at radius 2 is 1.90 bits per heavy atom. The van der Waals surface area contributed by atoms with Gasteiger partial charge in [-0.3, -0.25) is 4.79 Å². The fourth-order valence-electron chi connectivity index (χ4n) is 2.59. The van der Waals surface area contributed by atoms with Crippen molar-refractivity contribution in [1.29, 1.82) is 0 Å². The van der Waals surface area contributed by atoms with Gasteiger partial charge in [0.15, 0.2) is 0 Å². The monoisotopic (exact) mass is 286 g/mol. The average molecular weight is 286 g/mol. The summed E-state index contributed by atoms with van der Waals surface area (Å²) in [6.07, 6.45) is 5.21. The molecule has 0 aromatic carbocycles. The van der Waals surface area contributed by atoms with Gasteiger partial charge in [-0.25, -0.2) is 4.79 Å². The van der Waals surface area contributed by atoms with E-state index in [0.717, 1.165) is 19.3 Å². The van der Waals surface area contributed by atoms with Crippen LogP contribution in [-0.4, -0.2) is 40.4 Å². The zero-order chi connectivity index (χ0) is 15.2. The van der Waals surface area contributed by atoms with Crippen molar-refractivity contribution in [2.24, 2.45) is 5.92 Å². The van der Waals surface area contributed by atoms with Crippen molar-refractivity contribution in [1.82, 2.24) is 10.6 Å². The van der Waals surface area contributed by atoms with Crippen molar-refractivity contribution in [2.75, 3.05) is 6.54 Å². The largest absolute Gasteiger partial charge is 0.481 e. The number of aliphatic carboxylic acids is 1. The maximum Gasteiger partial charge on any atom is 0.315 e. The Balaban J connectivity index is 2.37. The summed E-state index contributed by atoms with van der Waals surface area (Å²) in [5.74, 6) is -0.641. The summed E-state index contributed by atoms with van der Waals surface area (Å²) < 4.78 is 0. The summed E-state index contributed by atoms with van der Waals surface area (Å²) >= 11 is 0. The minimum atomic E-state index is -1.43. The molecule has 0 radical (unpaired) electrons. The van der Waals surface area contributed by atoms with Crippen LogP contribution in [0.3, 0.4) is 0 Å². The lowest BCUT2D eigenvalue weighted by atomic mass is 9.97. The third-order valence-electron chi connectivity index (χ3n) is 3.84. The van der Waals surface area contributed by atoms with E-state index in [9.17, 15) is 14.7 Å². The maximum atomic E-state index is 11.8. The predicted molar refractivity (Wildman–Crippen MR) is 75.4 cm³/mol. The number of carbonyl (C=O) groups excluding carboxylic acids is 1. The minimum Gasteiger partial charge on any atom is -0.481 e. The smallest absolute Gasteiger partial charge is 0.315 e. The van der Waals surface area contributed by atoms with E-state index in [1.165, 1.54) is 19.8 Å². The second-order valence-electron chi connectivity index (χ2n) is 6.12. The van der Waals surface area contributed by atoms with Gasteiger partial charge in [-0.2, -0.15) is 0 Å². The van der Waals surface area contributed by atoms with E-state index < -0.39 is 18.0 Å². The highest BCUT2D eigenvalue weighted by atomic mass is 16.4. The van der Waals surface area contributed by atoms with Crippen LogP contribution in [0.4, 0.5) is 4.79 Å². The molecule has 6 nitrogen and oxygen atoms in total. The van der Waals surface area contributed by atoms with Crippen LogP contribution in [0.5, 0.6) is 0 Å². The molecule has 3 unspecified atom stereocenters. The topological polar surface area (TPSA) is 98.7 Å². The zero-order valence-corrected chi connectivity index (χ0v) is 12.3. The van der Waals surface area contributed by atoms with Crippen molar-refractivity contribution < 1.29 is 19.8 Å². The number of carbonyl (C=O) groups is 2. The molecule has 0 bridgehead atoms. The Morgan fingerprint density at radius 3 is 2.55 bits per heavy atom. The van der Waals surface area contributed by atoms with Crippen LogP contribution in [0.15, 0.2) is 0 Å². The van der Waals surface area contributed by atoms with Crippen LogP contribution in [0.1, 0.15) is 52.4 Å². The van der Waals surface area contributed by atoms with Gasteiger partial charge >= 0.3 is 12.0 Å². The number of carboxylic acids is 1. The van der Waals surface area contributed by atoms with Crippen LogP contribution in [0.2, 0.25) is 0 Å². The number of amides is 2. The third kappa shape index (κ3) is 6.23. The number of hydrogen-bond acceptors (Lipinski definition) is 3. The Bertz CT molecular complexity index is 344. The summed E-state index contributed by atoms with van der Waals surface area (Å²) in [4.78, 5) is 22.4. The maximum absolute atomic E-state index is 11.8. The first kappa shape index (κ1) is 16.8. The molecule has 0 aromatic rings. The van der Waals surface area contributed by atoms with Crippen LogP contribution in [0.25, 0.3) is 0 Å². The van der Waals surface area contributed by atoms with Gasteiger partial charge in [0, 0.05) is 12.6 Å². The van der Waals surface area contributed by atoms with Crippen molar-refractivity contribution in [3.05, 3.63) is 0 Å². The fourth-order valence-corrected chi connectivity index (χ4v) is 2.59. The van der Waals surface area contributed by atoms with E-state index in [2.05, 4.69) is 17.6 Å². The van der Waals surface area contributed by atoms with Gasteiger partial charge in [-0.05, 0) is 25.7 Å². The molecule has 1 fully saturated rings. The van der Waals surface area contributed by atoms with E-state index in [-0.39, 0.29) is 18.6 Å². The molecular formula is C14H26N2O4. The molecule has 3 atom stereocenters. The van der Waals surface area contributed by atoms with Gasteiger partial charge in [0.2, 0.25) is 0 Å². The highest BCUT2D eigenvalue weighted by Gasteiger charge is 2.26. The number of nitrogens with one attached hydrogen (secondary N) is 2. The van der Waals surface area contributed by atoms with Crippen LogP contribution in [0, 0.1) is 5.92 Å². The molecule has 0 saturated heterocycles. The summed E-state index contributed by atoms with van der Waals surface area (Å²) in [5, 5.41) is 23.9. The molecule has 1 rings (SSSR count). The summed E-state index contributed by atoms with van der Waals surface area (Å²) in [6.45, 7) is 3.46. The van der Waals surface area contributed by atoms with Gasteiger partial charge in [0.1, 0.15) is 0 Å². The lowest BCUT2D eigenvalue weighted by Gasteiger charge is -2.25. The first-order valence-corrected chi connectivity index (χ1v) is 7.29. The first-order chi connectivity index (χ1) is 9.30. The van der Waals surface area contributed by atoms with Crippen LogP contribution in [-0.2, 0) is 4.79 Å². The average Bonchev–Trinajstić information content (AvgIpc) is 2.51. The summed E-state index contributed by atoms with van der Waals surface area (Å²) in [7, 11) is 0. The Kier molecular flexibility index (Phi) is 6.26. The van der Waals surface area contributed by atoms with Crippen molar-refractivity contribution in [3.8, 4) is 0 Å². The Morgan fingerprint density at radius 1 is 1.25 bits per heavy atom. The van der Waals surface area contributed by atoms with Crippen molar-refractivity contribution in [2.45, 2.75) is 64.0 Å². The molecule has 0 aliphatic heterocycles. The third-order valence-corrected chi connectivity index (χ3v) is 3.84. The standard InChI is InChI=1S/C14H26N2O4/c1-10-6-4-3-5-7-11(10)16-13(19)15-9-14(2,20)8-12(17)18/h10-11,20H,3-9H2,1-2H3,(H,17,18)(H2,15,16,19). The molecule has 0 heterocycles. The zero-order valence-electron chi connectivity index (χ0n) is 12.3. The van der Waals surface area contributed by atoms with E-state index in [1.807, 2.05) is 0 Å². The van der Waals surface area contributed by atoms with Gasteiger partial charge in [0.25, 0.3) is 0 Å². The lowest BCUT2D eigenvalue weighted by molar-refractivity contribution is -0.141. The molecular weight excluding hydrogens is 260 g/mol. The molecule has 0 spiro atoms. The molecule has 1 aliphatic rings. The van der Waals surface area contributed by atoms with Crippen molar-refractivity contribution in [3.63, 3.8) is 0 Å². The number of aliphatic hydroxyl groups is 1. The molecule has 6 heteroatoms. The van der Waals surface area contributed by atoms with E-state index in [0.29, 0.717) is 5.92 Å². The highest BCUT2D eigenvalue weighted by Crippen LogP contribution is 2.22. The van der Waals surface area contributed by atoms with Gasteiger partial charge in [-0.1, -0.05) is 26.2 Å². The van der Waals surface area contributed by atoms with Crippen LogP contribution < -0.4 is 10.6 Å².